The van der Waals surface area contributed by atoms with Crippen LogP contribution in [-0.4, -0.2) is 71.5 Å². The molecule has 1 amide bonds. The van der Waals surface area contributed by atoms with Gasteiger partial charge in [0, 0.05) is 61.3 Å². The van der Waals surface area contributed by atoms with E-state index in [2.05, 4.69) is 40.8 Å². The Balaban J connectivity index is 1.15. The number of hydrogen-bond acceptors (Lipinski definition) is 9. The monoisotopic (exact) mass is 541 g/mol. The molecule has 1 aliphatic heterocycles. The van der Waals surface area contributed by atoms with Crippen LogP contribution in [0.15, 0.2) is 42.7 Å². The van der Waals surface area contributed by atoms with Crippen LogP contribution >= 0.6 is 0 Å². The van der Waals surface area contributed by atoms with Crippen molar-refractivity contribution in [3.05, 3.63) is 54.0 Å². The van der Waals surface area contributed by atoms with Crippen LogP contribution in [-0.2, 0) is 11.8 Å². The van der Waals surface area contributed by atoms with E-state index in [-0.39, 0.29) is 18.6 Å². The Morgan fingerprint density at radius 3 is 2.92 bits per heavy atom. The highest BCUT2D eigenvalue weighted by molar-refractivity contribution is 6.06. The van der Waals surface area contributed by atoms with Crippen molar-refractivity contribution in [2.75, 3.05) is 36.0 Å². The zero-order chi connectivity index (χ0) is 27.8. The molecule has 13 nitrogen and oxygen atoms in total. The topological polar surface area (TPSA) is 168 Å². The average molecular weight is 542 g/mol. The number of aromatic amines is 2. The van der Waals surface area contributed by atoms with Crippen LogP contribution in [0.3, 0.4) is 0 Å². The molecule has 0 unspecified atom stereocenters. The zero-order valence-corrected chi connectivity index (χ0v) is 22.5. The summed E-state index contributed by atoms with van der Waals surface area (Å²) in [6.45, 7) is 5.62. The molecule has 5 aromatic rings. The van der Waals surface area contributed by atoms with E-state index in [1.165, 1.54) is 0 Å². The van der Waals surface area contributed by atoms with E-state index in [9.17, 15) is 4.79 Å². The Kier molecular flexibility index (Phi) is 6.56. The van der Waals surface area contributed by atoms with Gasteiger partial charge >= 0.3 is 0 Å². The van der Waals surface area contributed by atoms with E-state index < -0.39 is 0 Å². The number of hydrogen-bond donors (Lipinski definition) is 5. The first-order chi connectivity index (χ1) is 19.3. The van der Waals surface area contributed by atoms with Gasteiger partial charge in [0.2, 0.25) is 17.7 Å². The number of rotatable bonds is 8. The number of H-pyrrole nitrogens is 2. The maximum absolute atomic E-state index is 13.0. The SMILES string of the molecule is Cc1cnc(Nc2cc(C)n(C)n2)nc1-c1c[nH]c2c(NC(=O)CN3CC[C@H](Oc4cc(N)[nH]n4)C3)cccc12. The highest BCUT2D eigenvalue weighted by atomic mass is 16.5. The lowest BCUT2D eigenvalue weighted by molar-refractivity contribution is -0.117. The van der Waals surface area contributed by atoms with Gasteiger partial charge in [0.05, 0.1) is 23.4 Å². The van der Waals surface area contributed by atoms with Crippen LogP contribution in [0.25, 0.3) is 22.2 Å². The lowest BCUT2D eigenvalue weighted by Gasteiger charge is -2.16. The number of likely N-dealkylation sites (tertiary alicyclic amines) is 1. The molecule has 1 aliphatic rings. The second-order valence-corrected chi connectivity index (χ2v) is 10.0. The number of nitrogen functional groups attached to an aromatic ring is 1. The number of aromatic nitrogens is 7. The van der Waals surface area contributed by atoms with Crippen LogP contribution in [0.4, 0.5) is 23.3 Å². The number of para-hydroxylation sites is 1. The third-order valence-corrected chi connectivity index (χ3v) is 7.03. The summed E-state index contributed by atoms with van der Waals surface area (Å²) in [4.78, 5) is 27.6. The molecule has 13 heteroatoms. The molecule has 0 saturated carbocycles. The van der Waals surface area contributed by atoms with Gasteiger partial charge in [-0.2, -0.15) is 5.10 Å². The van der Waals surface area contributed by atoms with Crippen molar-refractivity contribution < 1.29 is 9.53 Å². The summed E-state index contributed by atoms with van der Waals surface area (Å²) in [5.41, 5.74) is 10.9. The Morgan fingerprint density at radius 2 is 2.15 bits per heavy atom. The molecule has 1 fully saturated rings. The predicted octanol–water partition coefficient (Wildman–Crippen LogP) is 3.12. The standard InChI is InChI=1S/C27H31N11O2/c1-15-11-30-27(32-22-9-16(2)37(3)36-22)33-25(15)19-12-29-26-18(19)5-4-6-20(26)31-23(39)14-38-8-7-17(13-38)40-24-10-21(28)34-35-24/h4-6,9-12,17,29H,7-8,13-14H2,1-3H3,(H,31,39)(H3,28,34,35)(H,30,32,33,36)/t17-/m0/s1. The van der Waals surface area contributed by atoms with Gasteiger partial charge in [-0.15, -0.1) is 5.10 Å². The number of ether oxygens (including phenoxy) is 1. The van der Waals surface area contributed by atoms with Crippen molar-refractivity contribution in [1.82, 2.24) is 39.8 Å². The molecular formula is C27H31N11O2. The Hall–Kier alpha value is -4.91. The number of nitrogens with two attached hydrogens (primary N) is 1. The molecule has 206 valence electrons. The number of anilines is 4. The van der Waals surface area contributed by atoms with Crippen LogP contribution < -0.4 is 21.1 Å². The fourth-order valence-electron chi connectivity index (χ4n) is 4.94. The van der Waals surface area contributed by atoms with E-state index >= 15 is 0 Å². The first kappa shape index (κ1) is 25.4. The van der Waals surface area contributed by atoms with Crippen LogP contribution in [0.5, 0.6) is 5.88 Å². The zero-order valence-electron chi connectivity index (χ0n) is 22.5. The van der Waals surface area contributed by atoms with Gasteiger partial charge in [-0.1, -0.05) is 12.1 Å². The number of amides is 1. The van der Waals surface area contributed by atoms with Crippen LogP contribution in [0, 0.1) is 13.8 Å². The number of fused-ring (bicyclic) bond motifs is 1. The van der Waals surface area contributed by atoms with E-state index in [0.29, 0.717) is 35.7 Å². The maximum atomic E-state index is 13.0. The molecular weight excluding hydrogens is 510 g/mol. The van der Waals surface area contributed by atoms with Gasteiger partial charge < -0.3 is 26.1 Å². The number of benzene rings is 1. The largest absolute Gasteiger partial charge is 0.472 e. The number of carbonyl (C=O) groups excluding carboxylic acids is 1. The second-order valence-electron chi connectivity index (χ2n) is 10.0. The van der Waals surface area contributed by atoms with E-state index in [4.69, 9.17) is 15.5 Å². The van der Waals surface area contributed by atoms with E-state index in [1.54, 1.807) is 16.9 Å². The molecule has 1 saturated heterocycles. The molecule has 0 spiro atoms. The molecule has 1 aromatic carbocycles. The van der Waals surface area contributed by atoms with Crippen molar-refractivity contribution in [2.45, 2.75) is 26.4 Å². The van der Waals surface area contributed by atoms with Gasteiger partial charge in [-0.05, 0) is 31.9 Å². The first-order valence-electron chi connectivity index (χ1n) is 13.0. The third kappa shape index (κ3) is 5.18. The predicted molar refractivity (Wildman–Crippen MR) is 152 cm³/mol. The molecule has 0 aliphatic carbocycles. The van der Waals surface area contributed by atoms with Gasteiger partial charge in [0.15, 0.2) is 5.82 Å². The molecule has 40 heavy (non-hydrogen) atoms. The van der Waals surface area contributed by atoms with Crippen molar-refractivity contribution in [3.63, 3.8) is 0 Å². The molecule has 0 bridgehead atoms. The van der Waals surface area contributed by atoms with Gasteiger partial charge in [-0.25, -0.2) is 9.97 Å². The molecule has 6 N–H and O–H groups in total. The van der Waals surface area contributed by atoms with Crippen molar-refractivity contribution >= 4 is 40.1 Å². The molecule has 1 atom stereocenters. The van der Waals surface area contributed by atoms with Crippen molar-refractivity contribution in [1.29, 1.82) is 0 Å². The highest BCUT2D eigenvalue weighted by Crippen LogP contribution is 2.33. The minimum absolute atomic E-state index is 0.0397. The normalized spacial score (nSPS) is 15.5. The lowest BCUT2D eigenvalue weighted by Crippen LogP contribution is -2.33. The first-order valence-corrected chi connectivity index (χ1v) is 13.0. The quantitative estimate of drug-likeness (QED) is 0.198. The summed E-state index contributed by atoms with van der Waals surface area (Å²) in [5.74, 6) is 1.97. The fourth-order valence-corrected chi connectivity index (χ4v) is 4.94. The summed E-state index contributed by atoms with van der Waals surface area (Å²) < 4.78 is 7.66. The molecule has 4 aromatic heterocycles. The summed E-state index contributed by atoms with van der Waals surface area (Å²) in [5, 5.41) is 18.3. The molecule has 6 rings (SSSR count). The lowest BCUT2D eigenvalue weighted by atomic mass is 10.1. The average Bonchev–Trinajstić information content (AvgIpc) is 3.70. The number of carbonyl (C=O) groups is 1. The minimum Gasteiger partial charge on any atom is -0.472 e. The maximum Gasteiger partial charge on any atom is 0.238 e. The van der Waals surface area contributed by atoms with Gasteiger partial charge in [-0.3, -0.25) is 19.5 Å². The molecule has 0 radical (unpaired) electrons. The van der Waals surface area contributed by atoms with Crippen molar-refractivity contribution in [2.24, 2.45) is 7.05 Å². The molecule has 5 heterocycles. The van der Waals surface area contributed by atoms with E-state index in [1.807, 2.05) is 51.4 Å². The van der Waals surface area contributed by atoms with Crippen LogP contribution in [0.2, 0.25) is 0 Å². The summed E-state index contributed by atoms with van der Waals surface area (Å²) in [7, 11) is 1.89. The minimum atomic E-state index is -0.0938. The highest BCUT2D eigenvalue weighted by Gasteiger charge is 2.26. The smallest absolute Gasteiger partial charge is 0.238 e. The Morgan fingerprint density at radius 1 is 1.27 bits per heavy atom. The third-order valence-electron chi connectivity index (χ3n) is 7.03. The van der Waals surface area contributed by atoms with Crippen LogP contribution in [0.1, 0.15) is 17.7 Å². The number of nitrogens with one attached hydrogen (secondary N) is 4. The fraction of sp³-hybridized carbons (Fsp3) is 0.296. The summed E-state index contributed by atoms with van der Waals surface area (Å²) in [6.07, 6.45) is 4.47. The Labute approximate surface area is 230 Å². The van der Waals surface area contributed by atoms with Crippen molar-refractivity contribution in [3.8, 4) is 17.1 Å². The van der Waals surface area contributed by atoms with E-state index in [0.717, 1.165) is 46.4 Å². The summed E-state index contributed by atoms with van der Waals surface area (Å²) in [6, 6.07) is 9.42. The summed E-state index contributed by atoms with van der Waals surface area (Å²) >= 11 is 0. The number of nitrogens with zero attached hydrogens (tertiary/aromatic N) is 6. The Bertz CT molecular complexity index is 1670. The second kappa shape index (κ2) is 10.3. The van der Waals surface area contributed by atoms with Gasteiger partial charge in [0.1, 0.15) is 11.9 Å². The number of aryl methyl sites for hydroxylation is 3. The van der Waals surface area contributed by atoms with Gasteiger partial charge in [0.25, 0.3) is 0 Å².